The molecule has 0 saturated carbocycles. The quantitative estimate of drug-likeness (QED) is 0.387. The van der Waals surface area contributed by atoms with Crippen LogP contribution in [0.2, 0.25) is 0 Å². The number of aromatic nitrogens is 3. The Balaban J connectivity index is 1.53. The van der Waals surface area contributed by atoms with E-state index in [1.807, 2.05) is 60.7 Å². The number of fused-ring (bicyclic) bond motifs is 3. The van der Waals surface area contributed by atoms with Crippen LogP contribution >= 0.6 is 11.8 Å². The highest BCUT2D eigenvalue weighted by molar-refractivity contribution is 7.98. The molecule has 0 aliphatic carbocycles. The molecule has 0 fully saturated rings. The fourth-order valence-corrected chi connectivity index (χ4v) is 4.42. The molecular weight excluding hydrogens is 436 g/mol. The summed E-state index contributed by atoms with van der Waals surface area (Å²) in [4.78, 5) is 4.72. The first-order valence-electron chi connectivity index (χ1n) is 10.4. The Morgan fingerprint density at radius 3 is 2.55 bits per heavy atom. The molecular formula is C25H22N4O3S. The maximum atomic E-state index is 6.39. The van der Waals surface area contributed by atoms with E-state index in [-0.39, 0.29) is 0 Å². The zero-order chi connectivity index (χ0) is 22.6. The topological polar surface area (TPSA) is 78.4 Å². The summed E-state index contributed by atoms with van der Waals surface area (Å²) in [5.41, 5.74) is 4.31. The van der Waals surface area contributed by atoms with Gasteiger partial charge in [0, 0.05) is 17.0 Å². The Bertz CT molecular complexity index is 1270. The van der Waals surface area contributed by atoms with E-state index in [2.05, 4.69) is 27.6 Å². The summed E-state index contributed by atoms with van der Waals surface area (Å²) in [6, 6.07) is 23.7. The number of anilines is 1. The van der Waals surface area contributed by atoms with Crippen LogP contribution in [0.5, 0.6) is 17.4 Å². The summed E-state index contributed by atoms with van der Waals surface area (Å²) < 4.78 is 17.5. The van der Waals surface area contributed by atoms with Crippen molar-refractivity contribution < 1.29 is 14.2 Å². The van der Waals surface area contributed by atoms with Crippen molar-refractivity contribution in [2.24, 2.45) is 0 Å². The van der Waals surface area contributed by atoms with Crippen LogP contribution in [0.1, 0.15) is 17.4 Å². The van der Waals surface area contributed by atoms with Crippen LogP contribution in [0.4, 0.5) is 5.69 Å². The van der Waals surface area contributed by atoms with Gasteiger partial charge >= 0.3 is 0 Å². The molecule has 1 N–H and O–H groups in total. The minimum absolute atomic E-state index is 0.410. The summed E-state index contributed by atoms with van der Waals surface area (Å²) in [6.45, 7) is 0. The molecule has 0 spiro atoms. The fraction of sp³-hybridized carbons (Fsp3) is 0.160. The summed E-state index contributed by atoms with van der Waals surface area (Å²) in [6.07, 6.45) is -0.568. The molecule has 0 unspecified atom stereocenters. The van der Waals surface area contributed by atoms with Gasteiger partial charge in [0.15, 0.2) is 17.2 Å². The van der Waals surface area contributed by atoms with E-state index in [1.54, 1.807) is 14.2 Å². The molecule has 7 nitrogen and oxygen atoms in total. The van der Waals surface area contributed by atoms with Gasteiger partial charge in [-0.1, -0.05) is 66.4 Å². The van der Waals surface area contributed by atoms with E-state index in [4.69, 9.17) is 19.2 Å². The zero-order valence-electron chi connectivity index (χ0n) is 18.2. The smallest absolute Gasteiger partial charge is 0.247 e. The highest BCUT2D eigenvalue weighted by Crippen LogP contribution is 2.43. The van der Waals surface area contributed by atoms with Crippen LogP contribution in [0, 0.1) is 0 Å². The molecule has 1 aromatic heterocycles. The predicted molar refractivity (Wildman–Crippen MR) is 128 cm³/mol. The van der Waals surface area contributed by atoms with Crippen LogP contribution in [-0.2, 0) is 5.75 Å². The number of para-hydroxylation sites is 2. The predicted octanol–water partition coefficient (Wildman–Crippen LogP) is 5.35. The Morgan fingerprint density at radius 1 is 0.909 bits per heavy atom. The van der Waals surface area contributed by atoms with E-state index in [0.717, 1.165) is 22.6 Å². The van der Waals surface area contributed by atoms with Gasteiger partial charge in [-0.05, 0) is 23.8 Å². The summed E-state index contributed by atoms with van der Waals surface area (Å²) >= 11 is 1.52. The lowest BCUT2D eigenvalue weighted by molar-refractivity contribution is 0.218. The highest BCUT2D eigenvalue weighted by Gasteiger charge is 2.28. The van der Waals surface area contributed by atoms with Crippen molar-refractivity contribution in [3.05, 3.63) is 83.9 Å². The van der Waals surface area contributed by atoms with E-state index < -0.39 is 6.23 Å². The second-order valence-corrected chi connectivity index (χ2v) is 8.24. The number of ether oxygens (including phenoxy) is 3. The Kier molecular flexibility index (Phi) is 5.99. The monoisotopic (exact) mass is 458 g/mol. The second-order valence-electron chi connectivity index (χ2n) is 7.29. The van der Waals surface area contributed by atoms with Gasteiger partial charge in [-0.25, -0.2) is 0 Å². The van der Waals surface area contributed by atoms with Crippen molar-refractivity contribution in [3.8, 4) is 28.6 Å². The average Bonchev–Trinajstić information content (AvgIpc) is 3.04. The lowest BCUT2D eigenvalue weighted by atomic mass is 10.1. The first-order chi connectivity index (χ1) is 16.3. The van der Waals surface area contributed by atoms with E-state index >= 15 is 0 Å². The molecule has 5 rings (SSSR count). The lowest BCUT2D eigenvalue weighted by Gasteiger charge is -2.22. The standard InChI is InChI=1S/C25H22N4O3S/c1-30-20-14-8-12-18(22(20)31-2)23-26-19-13-7-6-11-17(19)21-24(32-23)27-25(29-28-21)33-15-16-9-4-3-5-10-16/h3-14,23,26H,15H2,1-2H3/t23-/m0/s1. The molecule has 33 heavy (non-hydrogen) atoms. The fourth-order valence-electron chi connectivity index (χ4n) is 3.69. The Labute approximate surface area is 196 Å². The molecule has 8 heteroatoms. The van der Waals surface area contributed by atoms with E-state index in [0.29, 0.717) is 28.2 Å². The van der Waals surface area contributed by atoms with Crippen molar-refractivity contribution in [3.63, 3.8) is 0 Å². The minimum atomic E-state index is -0.568. The molecule has 1 aliphatic rings. The summed E-state index contributed by atoms with van der Waals surface area (Å²) in [7, 11) is 3.23. The lowest BCUT2D eigenvalue weighted by Crippen LogP contribution is -2.18. The van der Waals surface area contributed by atoms with Crippen molar-refractivity contribution in [1.82, 2.24) is 15.2 Å². The van der Waals surface area contributed by atoms with Crippen molar-refractivity contribution >= 4 is 17.4 Å². The van der Waals surface area contributed by atoms with Gasteiger partial charge in [0.2, 0.25) is 17.3 Å². The summed E-state index contributed by atoms with van der Waals surface area (Å²) in [5.74, 6) is 2.37. The number of benzene rings is 3. The van der Waals surface area contributed by atoms with Crippen molar-refractivity contribution in [1.29, 1.82) is 0 Å². The third kappa shape index (κ3) is 4.29. The van der Waals surface area contributed by atoms with Gasteiger partial charge in [0.25, 0.3) is 0 Å². The molecule has 0 radical (unpaired) electrons. The van der Waals surface area contributed by atoms with Gasteiger partial charge in [-0.15, -0.1) is 10.2 Å². The number of methoxy groups -OCH3 is 2. The number of thioether (sulfide) groups is 1. The molecule has 3 aromatic carbocycles. The van der Waals surface area contributed by atoms with Crippen LogP contribution in [0.15, 0.2) is 78.0 Å². The number of hydrogen-bond acceptors (Lipinski definition) is 8. The zero-order valence-corrected chi connectivity index (χ0v) is 19.0. The van der Waals surface area contributed by atoms with Crippen LogP contribution in [0.3, 0.4) is 0 Å². The molecule has 0 amide bonds. The SMILES string of the molecule is COc1cccc([C@H]2Nc3ccccc3-c3nnc(SCc4ccccc4)nc3O2)c1OC. The van der Waals surface area contributed by atoms with E-state index in [1.165, 1.54) is 17.3 Å². The molecule has 2 heterocycles. The van der Waals surface area contributed by atoms with Crippen LogP contribution < -0.4 is 19.5 Å². The Morgan fingerprint density at radius 2 is 1.73 bits per heavy atom. The molecule has 0 bridgehead atoms. The average molecular weight is 459 g/mol. The first kappa shape index (κ1) is 21.1. The van der Waals surface area contributed by atoms with Gasteiger partial charge in [-0.3, -0.25) is 0 Å². The number of rotatable bonds is 6. The van der Waals surface area contributed by atoms with Crippen molar-refractivity contribution in [2.45, 2.75) is 17.1 Å². The van der Waals surface area contributed by atoms with Crippen LogP contribution in [-0.4, -0.2) is 29.4 Å². The van der Waals surface area contributed by atoms with E-state index in [9.17, 15) is 0 Å². The molecule has 1 atom stereocenters. The minimum Gasteiger partial charge on any atom is -0.493 e. The summed E-state index contributed by atoms with van der Waals surface area (Å²) in [5, 5.41) is 12.8. The third-order valence-electron chi connectivity index (χ3n) is 5.26. The molecule has 1 aliphatic heterocycles. The maximum Gasteiger partial charge on any atom is 0.247 e. The van der Waals surface area contributed by atoms with Gasteiger partial charge in [0.1, 0.15) is 0 Å². The van der Waals surface area contributed by atoms with Gasteiger partial charge < -0.3 is 19.5 Å². The van der Waals surface area contributed by atoms with Crippen molar-refractivity contribution in [2.75, 3.05) is 19.5 Å². The molecule has 4 aromatic rings. The van der Waals surface area contributed by atoms with Crippen LogP contribution in [0.25, 0.3) is 11.3 Å². The van der Waals surface area contributed by atoms with Gasteiger partial charge in [0.05, 0.1) is 19.8 Å². The molecule has 0 saturated heterocycles. The number of hydrogen-bond donors (Lipinski definition) is 1. The first-order valence-corrected chi connectivity index (χ1v) is 11.4. The maximum absolute atomic E-state index is 6.39. The number of nitrogens with one attached hydrogen (secondary N) is 1. The van der Waals surface area contributed by atoms with Gasteiger partial charge in [-0.2, -0.15) is 4.98 Å². The second kappa shape index (κ2) is 9.38. The molecule has 166 valence electrons. The number of nitrogens with zero attached hydrogens (tertiary/aromatic N) is 3. The Hall–Kier alpha value is -3.78. The normalized spacial score (nSPS) is 14.2. The largest absolute Gasteiger partial charge is 0.493 e. The third-order valence-corrected chi connectivity index (χ3v) is 6.17. The highest BCUT2D eigenvalue weighted by atomic mass is 32.2.